The van der Waals surface area contributed by atoms with Crippen LogP contribution in [0, 0.1) is 0 Å². The molecule has 132 valence electrons. The average Bonchev–Trinajstić information content (AvgIpc) is 3.41. The van der Waals surface area contributed by atoms with Crippen molar-refractivity contribution in [2.75, 3.05) is 6.54 Å². The number of nitrogens with zero attached hydrogens (tertiary/aromatic N) is 3. The van der Waals surface area contributed by atoms with E-state index in [0.717, 1.165) is 13.0 Å². The molecule has 2 atom stereocenters. The molecule has 2 unspecified atom stereocenters. The fourth-order valence-corrected chi connectivity index (χ4v) is 4.74. The zero-order valence-corrected chi connectivity index (χ0v) is 15.3. The summed E-state index contributed by atoms with van der Waals surface area (Å²) in [6.45, 7) is 0.984. The summed E-state index contributed by atoms with van der Waals surface area (Å²) in [6, 6.07) is 21.1. The molecule has 0 bridgehead atoms. The smallest absolute Gasteiger partial charge is 0.0999 e. The van der Waals surface area contributed by atoms with Crippen molar-refractivity contribution in [3.8, 4) is 0 Å². The Morgan fingerprint density at radius 1 is 0.923 bits per heavy atom. The van der Waals surface area contributed by atoms with Gasteiger partial charge >= 0.3 is 0 Å². The van der Waals surface area contributed by atoms with Gasteiger partial charge in [0.05, 0.1) is 17.9 Å². The van der Waals surface area contributed by atoms with Crippen molar-refractivity contribution in [3.63, 3.8) is 0 Å². The number of aliphatic imine (C=N–C) groups is 1. The number of hydrogen-bond donors (Lipinski definition) is 0. The van der Waals surface area contributed by atoms with E-state index in [0.29, 0.717) is 12.1 Å². The van der Waals surface area contributed by atoms with Crippen LogP contribution in [0.1, 0.15) is 48.9 Å². The summed E-state index contributed by atoms with van der Waals surface area (Å²) in [7, 11) is 2.11. The number of hydrogen-bond acceptors (Lipinski definition) is 2. The third kappa shape index (κ3) is 2.54. The summed E-state index contributed by atoms with van der Waals surface area (Å²) >= 11 is 0. The van der Waals surface area contributed by atoms with Crippen LogP contribution >= 0.6 is 0 Å². The van der Waals surface area contributed by atoms with E-state index in [-0.39, 0.29) is 0 Å². The summed E-state index contributed by atoms with van der Waals surface area (Å²) < 4.78 is 2.19. The Kier molecular flexibility index (Phi) is 3.81. The van der Waals surface area contributed by atoms with Gasteiger partial charge in [0.1, 0.15) is 0 Å². The minimum atomic E-state index is 0.432. The lowest BCUT2D eigenvalue weighted by atomic mass is 10.0. The Bertz CT molecular complexity index is 954. The highest BCUT2D eigenvalue weighted by atomic mass is 15.3. The van der Waals surface area contributed by atoms with Gasteiger partial charge < -0.3 is 9.47 Å². The van der Waals surface area contributed by atoms with Crippen LogP contribution in [0.2, 0.25) is 0 Å². The molecular weight excluding hydrogens is 318 g/mol. The van der Waals surface area contributed by atoms with E-state index in [9.17, 15) is 0 Å². The van der Waals surface area contributed by atoms with Crippen molar-refractivity contribution in [1.29, 1.82) is 0 Å². The van der Waals surface area contributed by atoms with Crippen LogP contribution in [0.4, 0.5) is 0 Å². The maximum absolute atomic E-state index is 4.87. The number of aryl methyl sites for hydroxylation is 1. The molecule has 0 amide bonds. The number of amidine groups is 1. The van der Waals surface area contributed by atoms with Crippen LogP contribution < -0.4 is 0 Å². The molecule has 26 heavy (non-hydrogen) atoms. The van der Waals surface area contributed by atoms with Crippen molar-refractivity contribution < 1.29 is 0 Å². The van der Waals surface area contributed by atoms with E-state index in [2.05, 4.69) is 77.3 Å². The topological polar surface area (TPSA) is 20.5 Å². The van der Waals surface area contributed by atoms with Gasteiger partial charge in [0.25, 0.3) is 0 Å². The zero-order chi connectivity index (χ0) is 17.5. The lowest BCUT2D eigenvalue weighted by Gasteiger charge is -2.33. The predicted molar refractivity (Wildman–Crippen MR) is 107 cm³/mol. The van der Waals surface area contributed by atoms with Gasteiger partial charge in [-0.25, -0.2) is 0 Å². The number of likely N-dealkylation sites (tertiary alicyclic amines) is 1. The first kappa shape index (κ1) is 15.7. The van der Waals surface area contributed by atoms with E-state index >= 15 is 0 Å². The zero-order valence-electron chi connectivity index (χ0n) is 15.3. The Morgan fingerprint density at radius 3 is 2.50 bits per heavy atom. The molecule has 1 aromatic heterocycles. The summed E-state index contributed by atoms with van der Waals surface area (Å²) in [5.41, 5.74) is 4.15. The minimum Gasteiger partial charge on any atom is -0.351 e. The second-order valence-corrected chi connectivity index (χ2v) is 7.57. The largest absolute Gasteiger partial charge is 0.351 e. The first-order valence-corrected chi connectivity index (χ1v) is 9.73. The average molecular weight is 343 g/mol. The van der Waals surface area contributed by atoms with Gasteiger partial charge in [-0.3, -0.25) is 4.99 Å². The third-order valence-electron chi connectivity index (χ3n) is 6.01. The molecule has 1 saturated heterocycles. The Balaban J connectivity index is 1.56. The van der Waals surface area contributed by atoms with Gasteiger partial charge in [-0.2, -0.15) is 0 Å². The molecule has 1 fully saturated rings. The Morgan fingerprint density at radius 2 is 1.73 bits per heavy atom. The fourth-order valence-electron chi connectivity index (χ4n) is 4.74. The van der Waals surface area contributed by atoms with Crippen LogP contribution in [0.25, 0.3) is 10.9 Å². The first-order chi connectivity index (χ1) is 12.8. The molecule has 3 heterocycles. The van der Waals surface area contributed by atoms with Crippen molar-refractivity contribution in [3.05, 3.63) is 71.9 Å². The Hall–Kier alpha value is -2.55. The second kappa shape index (κ2) is 6.31. The van der Waals surface area contributed by atoms with Gasteiger partial charge in [0, 0.05) is 31.7 Å². The molecule has 2 aliphatic rings. The Labute approximate surface area is 155 Å². The molecule has 0 saturated carbocycles. The second-order valence-electron chi connectivity index (χ2n) is 7.57. The van der Waals surface area contributed by atoms with Crippen molar-refractivity contribution in [2.24, 2.45) is 12.0 Å². The van der Waals surface area contributed by atoms with Crippen molar-refractivity contribution >= 4 is 16.7 Å². The normalized spacial score (nSPS) is 23.0. The molecular formula is C23H25N3. The van der Waals surface area contributed by atoms with Gasteiger partial charge in [0.15, 0.2) is 0 Å². The van der Waals surface area contributed by atoms with Crippen molar-refractivity contribution in [2.45, 2.75) is 37.8 Å². The third-order valence-corrected chi connectivity index (χ3v) is 6.01. The van der Waals surface area contributed by atoms with Crippen molar-refractivity contribution in [1.82, 2.24) is 9.47 Å². The van der Waals surface area contributed by atoms with Gasteiger partial charge in [-0.1, -0.05) is 36.4 Å². The monoisotopic (exact) mass is 343 g/mol. The van der Waals surface area contributed by atoms with Gasteiger partial charge in [0.2, 0.25) is 0 Å². The highest BCUT2D eigenvalue weighted by Gasteiger charge is 2.37. The molecule has 5 rings (SSSR count). The van der Waals surface area contributed by atoms with Gasteiger partial charge in [-0.05, 0) is 54.0 Å². The SMILES string of the molecule is Cn1ccc2cc(C3CCC(c4ccccc4)N3C3=NCCC3)ccc21. The minimum absolute atomic E-state index is 0.432. The lowest BCUT2D eigenvalue weighted by Crippen LogP contribution is -2.31. The summed E-state index contributed by atoms with van der Waals surface area (Å²) in [5, 5.41) is 1.33. The molecule has 2 aliphatic heterocycles. The molecule has 0 radical (unpaired) electrons. The van der Waals surface area contributed by atoms with E-state index in [1.54, 1.807) is 0 Å². The molecule has 3 aromatic rings. The molecule has 0 aliphatic carbocycles. The summed E-state index contributed by atoms with van der Waals surface area (Å²) in [6.07, 6.45) is 6.84. The maximum Gasteiger partial charge on any atom is 0.0999 e. The molecule has 0 N–H and O–H groups in total. The predicted octanol–water partition coefficient (Wildman–Crippen LogP) is 5.25. The number of rotatable bonds is 2. The van der Waals surface area contributed by atoms with Gasteiger partial charge in [-0.15, -0.1) is 0 Å². The van der Waals surface area contributed by atoms with E-state index in [4.69, 9.17) is 4.99 Å². The van der Waals surface area contributed by atoms with E-state index in [1.165, 1.54) is 47.1 Å². The fraction of sp³-hybridized carbons (Fsp3) is 0.348. The standard InChI is InChI=1S/C23H25N3/c1-25-15-13-19-16-18(9-10-20(19)25)22-12-11-21(17-6-3-2-4-7-17)26(22)23-8-5-14-24-23/h2-4,6-7,9-10,13,15-16,21-22H,5,8,11-12,14H2,1H3. The number of aromatic nitrogens is 1. The van der Waals surface area contributed by atoms with Crippen LogP contribution in [-0.2, 0) is 7.05 Å². The summed E-state index contributed by atoms with van der Waals surface area (Å²) in [4.78, 5) is 7.51. The maximum atomic E-state index is 4.87. The molecule has 2 aromatic carbocycles. The van der Waals surface area contributed by atoms with Crippen LogP contribution in [-0.4, -0.2) is 21.8 Å². The molecule has 0 spiro atoms. The van der Waals surface area contributed by atoms with Crippen LogP contribution in [0.5, 0.6) is 0 Å². The van der Waals surface area contributed by atoms with Crippen LogP contribution in [0.15, 0.2) is 65.8 Å². The molecule has 3 nitrogen and oxygen atoms in total. The summed E-state index contributed by atoms with van der Waals surface area (Å²) in [5.74, 6) is 1.31. The van der Waals surface area contributed by atoms with E-state index < -0.39 is 0 Å². The lowest BCUT2D eigenvalue weighted by molar-refractivity contribution is 0.318. The highest BCUT2D eigenvalue weighted by Crippen LogP contribution is 2.45. The van der Waals surface area contributed by atoms with Crippen LogP contribution in [0.3, 0.4) is 0 Å². The van der Waals surface area contributed by atoms with E-state index in [1.807, 2.05) is 0 Å². The quantitative estimate of drug-likeness (QED) is 0.622. The first-order valence-electron chi connectivity index (χ1n) is 9.73. The number of fused-ring (bicyclic) bond motifs is 1. The number of benzene rings is 2. The highest BCUT2D eigenvalue weighted by molar-refractivity contribution is 5.85. The molecule has 3 heteroatoms.